The average Bonchev–Trinajstić information content (AvgIpc) is 3.45. The fourth-order valence-electron chi connectivity index (χ4n) is 5.67. The van der Waals surface area contributed by atoms with E-state index in [0.717, 1.165) is 45.4 Å². The minimum atomic E-state index is -0.682. The van der Waals surface area contributed by atoms with Crippen LogP contribution in [0.1, 0.15) is 72.4 Å². The van der Waals surface area contributed by atoms with Gasteiger partial charge in [-0.05, 0) is 60.1 Å². The number of carbonyl (C=O) groups is 2. The number of nitrogens with zero attached hydrogens (tertiary/aromatic N) is 3. The summed E-state index contributed by atoms with van der Waals surface area (Å²) in [5.41, 5.74) is 17.0. The van der Waals surface area contributed by atoms with Crippen molar-refractivity contribution in [3.63, 3.8) is 0 Å². The lowest BCUT2D eigenvalue weighted by Gasteiger charge is -2.19. The predicted molar refractivity (Wildman–Crippen MR) is 170 cm³/mol. The summed E-state index contributed by atoms with van der Waals surface area (Å²) in [5.74, 6) is 5.27. The summed E-state index contributed by atoms with van der Waals surface area (Å²) in [6, 6.07) is 10.5. The highest BCUT2D eigenvalue weighted by Crippen LogP contribution is 2.36. The van der Waals surface area contributed by atoms with Crippen LogP contribution in [-0.2, 0) is 19.5 Å². The zero-order valence-corrected chi connectivity index (χ0v) is 25.1. The van der Waals surface area contributed by atoms with Gasteiger partial charge in [-0.3, -0.25) is 19.2 Å². The largest absolute Gasteiger partial charge is 0.394 e. The van der Waals surface area contributed by atoms with Crippen LogP contribution < -0.4 is 49.2 Å². The molecule has 14 nitrogen and oxygen atoms in total. The first-order valence-corrected chi connectivity index (χ1v) is 14.3. The molecule has 1 aliphatic carbocycles. The Morgan fingerprint density at radius 3 is 2.40 bits per heavy atom. The number of nitrogens with two attached hydrogens (primary N) is 2. The molecule has 0 spiro atoms. The summed E-state index contributed by atoms with van der Waals surface area (Å²) in [6.07, 6.45) is 2.68. The van der Waals surface area contributed by atoms with Crippen LogP contribution in [-0.4, -0.2) is 34.7 Å². The van der Waals surface area contributed by atoms with E-state index in [0.29, 0.717) is 12.3 Å². The molecule has 0 bridgehead atoms. The van der Waals surface area contributed by atoms with Crippen LogP contribution in [0, 0.1) is 13.8 Å². The fraction of sp³-hybridized carbons (Fsp3) is 0.258. The fourth-order valence-corrected chi connectivity index (χ4v) is 5.67. The number of hydrazone groups is 1. The second kappa shape index (κ2) is 12.9. The number of amidine groups is 1. The monoisotopic (exact) mass is 610 g/mol. The molecule has 1 atom stereocenters. The van der Waals surface area contributed by atoms with E-state index in [9.17, 15) is 19.2 Å². The number of nitrogen functional groups attached to an aromatic ring is 1. The predicted octanol–water partition coefficient (Wildman–Crippen LogP) is 0.575. The number of rotatable bonds is 10. The molecule has 9 N–H and O–H groups in total. The number of nitrogens with one attached hydrogen (secondary N) is 5. The Kier molecular flexibility index (Phi) is 8.86. The molecule has 1 unspecified atom stereocenters. The Hall–Kier alpha value is -5.63. The Morgan fingerprint density at radius 2 is 1.71 bits per heavy atom. The second-order valence-electron chi connectivity index (χ2n) is 10.8. The molecule has 1 aliphatic rings. The van der Waals surface area contributed by atoms with Crippen LogP contribution in [0.2, 0.25) is 0 Å². The normalized spacial score (nSPS) is 14.2. The molecule has 0 saturated carbocycles. The van der Waals surface area contributed by atoms with Crippen molar-refractivity contribution in [3.8, 4) is 0 Å². The zero-order chi connectivity index (χ0) is 32.2. The van der Waals surface area contributed by atoms with Crippen LogP contribution in [0.5, 0.6) is 0 Å². The number of fused-ring (bicyclic) bond motifs is 1. The maximum atomic E-state index is 13.2. The quantitative estimate of drug-likeness (QED) is 0.0433. The van der Waals surface area contributed by atoms with Gasteiger partial charge in [-0.2, -0.15) is 5.10 Å². The van der Waals surface area contributed by atoms with Crippen LogP contribution in [0.3, 0.4) is 0 Å². The molecule has 1 heterocycles. The lowest BCUT2D eigenvalue weighted by atomic mass is 9.93. The number of hydrogen-bond donors (Lipinski definition) is 7. The standard InChI is InChI=1S/C31H34N10O4/c1-15-9-20-19(16(2)24(15)29(40-33)41-34-3)7-8-21(20)39-31(45)23-11-22(37-14-38-23)30(44)36-13-18-6-4-5-17(10-18)12-35-26-25(32)27(42)28(26)43/h4-6,9-11,14,21,34-35H,7-8,12-13,32-33H2,1-3H3,(H,36,44)(H,39,45)(H,40,41). The highest BCUT2D eigenvalue weighted by atomic mass is 16.2. The Labute approximate surface area is 258 Å². The van der Waals surface area contributed by atoms with Crippen molar-refractivity contribution in [2.75, 3.05) is 18.1 Å². The first kappa shape index (κ1) is 30.8. The highest BCUT2D eigenvalue weighted by Gasteiger charge is 2.29. The van der Waals surface area contributed by atoms with Crippen molar-refractivity contribution in [1.29, 1.82) is 0 Å². The van der Waals surface area contributed by atoms with Crippen molar-refractivity contribution >= 4 is 29.0 Å². The van der Waals surface area contributed by atoms with Gasteiger partial charge in [0.1, 0.15) is 29.1 Å². The summed E-state index contributed by atoms with van der Waals surface area (Å²) >= 11 is 0. The Bertz CT molecular complexity index is 1890. The van der Waals surface area contributed by atoms with Gasteiger partial charge in [-0.25, -0.2) is 15.4 Å². The van der Waals surface area contributed by atoms with E-state index in [1.807, 2.05) is 44.2 Å². The molecule has 0 saturated heterocycles. The van der Waals surface area contributed by atoms with E-state index in [-0.39, 0.29) is 41.9 Å². The van der Waals surface area contributed by atoms with Gasteiger partial charge in [-0.15, -0.1) is 0 Å². The number of hydrazine groups is 1. The lowest BCUT2D eigenvalue weighted by Crippen LogP contribution is -2.37. The summed E-state index contributed by atoms with van der Waals surface area (Å²) in [4.78, 5) is 57.2. The van der Waals surface area contributed by atoms with Crippen LogP contribution in [0.4, 0.5) is 11.4 Å². The van der Waals surface area contributed by atoms with Crippen molar-refractivity contribution in [2.45, 2.75) is 45.8 Å². The van der Waals surface area contributed by atoms with E-state index < -0.39 is 22.7 Å². The molecule has 2 amide bonds. The molecule has 3 aromatic carbocycles. The maximum Gasteiger partial charge on any atom is 0.270 e. The van der Waals surface area contributed by atoms with E-state index in [1.54, 1.807) is 7.05 Å². The molecule has 0 radical (unpaired) electrons. The van der Waals surface area contributed by atoms with Gasteiger partial charge < -0.3 is 33.0 Å². The highest BCUT2D eigenvalue weighted by molar-refractivity contribution is 6.01. The van der Waals surface area contributed by atoms with Crippen LogP contribution in [0.25, 0.3) is 0 Å². The topological polar surface area (TPSA) is 219 Å². The first-order chi connectivity index (χ1) is 21.6. The van der Waals surface area contributed by atoms with Gasteiger partial charge in [0.05, 0.1) is 6.04 Å². The average molecular weight is 611 g/mol. The third-order valence-electron chi connectivity index (χ3n) is 7.91. The summed E-state index contributed by atoms with van der Waals surface area (Å²) in [6.45, 7) is 4.47. The molecule has 232 valence electrons. The molecule has 5 rings (SSSR count). The molecule has 4 aromatic rings. The summed E-state index contributed by atoms with van der Waals surface area (Å²) in [7, 11) is 1.73. The number of amides is 2. The zero-order valence-electron chi connectivity index (χ0n) is 25.1. The Morgan fingerprint density at radius 1 is 1.00 bits per heavy atom. The summed E-state index contributed by atoms with van der Waals surface area (Å²) in [5, 5.41) is 12.6. The van der Waals surface area contributed by atoms with Gasteiger partial charge >= 0.3 is 0 Å². The Balaban J connectivity index is 1.21. The van der Waals surface area contributed by atoms with Crippen LogP contribution >= 0.6 is 0 Å². The minimum absolute atomic E-state index is 0.0531. The third kappa shape index (κ3) is 6.21. The minimum Gasteiger partial charge on any atom is -0.394 e. The molecule has 0 aliphatic heterocycles. The molecule has 14 heteroatoms. The molecule has 45 heavy (non-hydrogen) atoms. The lowest BCUT2D eigenvalue weighted by molar-refractivity contribution is 0.0931. The number of hydrogen-bond acceptors (Lipinski definition) is 11. The van der Waals surface area contributed by atoms with Crippen LogP contribution in [0.15, 0.2) is 57.4 Å². The second-order valence-corrected chi connectivity index (χ2v) is 10.8. The number of anilines is 2. The smallest absolute Gasteiger partial charge is 0.270 e. The van der Waals surface area contributed by atoms with E-state index in [4.69, 9.17) is 11.6 Å². The SMILES string of the molecule is CNN/C(=N\N)c1c(C)cc2c(c1C)CCC2NC(=O)c1cc(C(=O)NCc2cccc(CNc3c(N)c(=O)c3=O)c2)ncn1. The van der Waals surface area contributed by atoms with Gasteiger partial charge in [0.2, 0.25) is 0 Å². The third-order valence-corrected chi connectivity index (χ3v) is 7.91. The number of aromatic nitrogens is 2. The van der Waals surface area contributed by atoms with Crippen molar-refractivity contribution in [2.24, 2.45) is 10.9 Å². The van der Waals surface area contributed by atoms with E-state index in [1.165, 1.54) is 12.4 Å². The molecule has 0 fully saturated rings. The van der Waals surface area contributed by atoms with E-state index in [2.05, 4.69) is 41.9 Å². The summed E-state index contributed by atoms with van der Waals surface area (Å²) < 4.78 is 0. The molecular weight excluding hydrogens is 576 g/mol. The van der Waals surface area contributed by atoms with Crippen molar-refractivity contribution in [1.82, 2.24) is 31.5 Å². The van der Waals surface area contributed by atoms with Crippen molar-refractivity contribution < 1.29 is 9.59 Å². The number of benzene rings is 2. The van der Waals surface area contributed by atoms with Crippen molar-refractivity contribution in [3.05, 3.63) is 114 Å². The molecule has 1 aromatic heterocycles. The molecular formula is C31H34N10O4. The first-order valence-electron chi connectivity index (χ1n) is 14.3. The van der Waals surface area contributed by atoms with Gasteiger partial charge in [-0.1, -0.05) is 30.3 Å². The number of aryl methyl sites for hydroxylation is 1. The van der Waals surface area contributed by atoms with Gasteiger partial charge in [0, 0.05) is 31.8 Å². The number of carbonyl (C=O) groups excluding carboxylic acids is 2. The van der Waals surface area contributed by atoms with Gasteiger partial charge in [0.25, 0.3) is 22.7 Å². The van der Waals surface area contributed by atoms with Gasteiger partial charge in [0.15, 0.2) is 5.84 Å². The maximum absolute atomic E-state index is 13.2. The van der Waals surface area contributed by atoms with E-state index >= 15 is 0 Å².